The molecular weight excluding hydrogens is 374 g/mol. The highest BCUT2D eigenvalue weighted by atomic mass is 32.2. The standard InChI is InChI=1S/C18H19NO7S/c1-10-13(17(21)23-3)7-12(26-10)8-25-18(22)14-9-27-16(19(14)11(2)20)15-5-4-6-24-15/h4-7,14,16H,8-9H2,1-3H3/t14-,16-/m0/s1. The molecule has 2 aromatic heterocycles. The van der Waals surface area contributed by atoms with Crippen LogP contribution in [0.15, 0.2) is 33.3 Å². The largest absolute Gasteiger partial charge is 0.466 e. The molecule has 0 N–H and O–H groups in total. The molecule has 0 bridgehead atoms. The Bertz CT molecular complexity index is 842. The predicted octanol–water partition coefficient (Wildman–Crippen LogP) is 2.67. The van der Waals surface area contributed by atoms with E-state index in [-0.39, 0.29) is 23.5 Å². The van der Waals surface area contributed by atoms with Crippen LogP contribution in [0.2, 0.25) is 0 Å². The summed E-state index contributed by atoms with van der Waals surface area (Å²) in [5, 5.41) is -0.369. The molecule has 0 radical (unpaired) electrons. The molecule has 1 aliphatic heterocycles. The van der Waals surface area contributed by atoms with Crippen LogP contribution in [0, 0.1) is 6.92 Å². The van der Waals surface area contributed by atoms with Gasteiger partial charge in [-0.2, -0.15) is 0 Å². The molecule has 9 heteroatoms. The van der Waals surface area contributed by atoms with Crippen LogP contribution in [0.25, 0.3) is 0 Å². The van der Waals surface area contributed by atoms with E-state index in [0.717, 1.165) is 0 Å². The Morgan fingerprint density at radius 3 is 2.78 bits per heavy atom. The van der Waals surface area contributed by atoms with Crippen molar-refractivity contribution in [1.82, 2.24) is 4.90 Å². The summed E-state index contributed by atoms with van der Waals surface area (Å²) in [7, 11) is 1.28. The van der Waals surface area contributed by atoms with Gasteiger partial charge in [0, 0.05) is 12.7 Å². The number of hydrogen-bond acceptors (Lipinski definition) is 8. The summed E-state index contributed by atoms with van der Waals surface area (Å²) in [5.41, 5.74) is 0.281. The third-order valence-corrected chi connectivity index (χ3v) is 5.44. The Labute approximate surface area is 159 Å². The Balaban J connectivity index is 1.67. The molecule has 2 atom stereocenters. The summed E-state index contributed by atoms with van der Waals surface area (Å²) in [4.78, 5) is 37.7. The first-order valence-electron chi connectivity index (χ1n) is 8.20. The fourth-order valence-electron chi connectivity index (χ4n) is 2.89. The molecule has 0 unspecified atom stereocenters. The average Bonchev–Trinajstić information content (AvgIpc) is 3.37. The summed E-state index contributed by atoms with van der Waals surface area (Å²) < 4.78 is 20.8. The van der Waals surface area contributed by atoms with E-state index in [4.69, 9.17) is 13.6 Å². The maximum Gasteiger partial charge on any atom is 0.341 e. The van der Waals surface area contributed by atoms with Gasteiger partial charge in [0.1, 0.15) is 40.9 Å². The van der Waals surface area contributed by atoms with E-state index in [2.05, 4.69) is 4.74 Å². The number of thioether (sulfide) groups is 1. The first-order valence-corrected chi connectivity index (χ1v) is 9.25. The summed E-state index contributed by atoms with van der Waals surface area (Å²) in [6, 6.07) is 4.25. The van der Waals surface area contributed by atoms with Gasteiger partial charge >= 0.3 is 11.9 Å². The molecular formula is C18H19NO7S. The zero-order valence-electron chi connectivity index (χ0n) is 15.1. The molecule has 3 rings (SSSR count). The fourth-order valence-corrected chi connectivity index (χ4v) is 4.31. The number of esters is 2. The minimum Gasteiger partial charge on any atom is -0.466 e. The highest BCUT2D eigenvalue weighted by molar-refractivity contribution is 7.99. The van der Waals surface area contributed by atoms with Crippen molar-refractivity contribution in [1.29, 1.82) is 0 Å². The summed E-state index contributed by atoms with van der Waals surface area (Å²) in [6.45, 7) is 2.88. The molecule has 3 heterocycles. The van der Waals surface area contributed by atoms with Crippen LogP contribution in [-0.4, -0.2) is 41.7 Å². The second-order valence-corrected chi connectivity index (χ2v) is 7.04. The molecule has 2 aromatic rings. The quantitative estimate of drug-likeness (QED) is 0.715. The van der Waals surface area contributed by atoms with Gasteiger partial charge in [-0.15, -0.1) is 11.8 Å². The van der Waals surface area contributed by atoms with Gasteiger partial charge in [-0.05, 0) is 25.1 Å². The van der Waals surface area contributed by atoms with E-state index in [9.17, 15) is 14.4 Å². The predicted molar refractivity (Wildman–Crippen MR) is 94.8 cm³/mol. The SMILES string of the molecule is COC(=O)c1cc(COC(=O)[C@@H]2CS[C@@H](c3ccco3)N2C(C)=O)oc1C. The second kappa shape index (κ2) is 7.91. The lowest BCUT2D eigenvalue weighted by atomic mass is 10.2. The Hall–Kier alpha value is -2.68. The number of methoxy groups -OCH3 is 1. The fraction of sp³-hybridized carbons (Fsp3) is 0.389. The van der Waals surface area contributed by atoms with E-state index in [1.165, 1.54) is 43.0 Å². The number of hydrogen-bond donors (Lipinski definition) is 0. The third kappa shape index (κ3) is 3.87. The van der Waals surface area contributed by atoms with Gasteiger partial charge in [0.25, 0.3) is 0 Å². The molecule has 1 aliphatic rings. The lowest BCUT2D eigenvalue weighted by molar-refractivity contribution is -0.155. The topological polar surface area (TPSA) is 99.2 Å². The van der Waals surface area contributed by atoms with Crippen LogP contribution in [0.4, 0.5) is 0 Å². The van der Waals surface area contributed by atoms with Gasteiger partial charge < -0.3 is 23.2 Å². The number of furan rings is 2. The zero-order chi connectivity index (χ0) is 19.6. The second-order valence-electron chi connectivity index (χ2n) is 5.93. The van der Waals surface area contributed by atoms with Crippen LogP contribution >= 0.6 is 11.8 Å². The number of carbonyl (C=O) groups excluding carboxylic acids is 3. The molecule has 1 saturated heterocycles. The van der Waals surface area contributed by atoms with Crippen molar-refractivity contribution in [3.8, 4) is 0 Å². The van der Waals surface area contributed by atoms with Gasteiger partial charge in [-0.3, -0.25) is 4.79 Å². The van der Waals surface area contributed by atoms with E-state index in [1.54, 1.807) is 19.1 Å². The van der Waals surface area contributed by atoms with Crippen molar-refractivity contribution in [2.24, 2.45) is 0 Å². The zero-order valence-corrected chi connectivity index (χ0v) is 15.9. The number of aryl methyl sites for hydroxylation is 1. The van der Waals surface area contributed by atoms with E-state index < -0.39 is 18.0 Å². The van der Waals surface area contributed by atoms with Gasteiger partial charge in [0.05, 0.1) is 13.4 Å². The Morgan fingerprint density at radius 1 is 1.37 bits per heavy atom. The third-order valence-electron chi connectivity index (χ3n) is 4.15. The van der Waals surface area contributed by atoms with Crippen molar-refractivity contribution in [2.45, 2.75) is 31.9 Å². The monoisotopic (exact) mass is 393 g/mol. The van der Waals surface area contributed by atoms with Crippen molar-refractivity contribution in [2.75, 3.05) is 12.9 Å². The lowest BCUT2D eigenvalue weighted by Gasteiger charge is -2.25. The number of rotatable bonds is 5. The van der Waals surface area contributed by atoms with Crippen molar-refractivity contribution in [3.63, 3.8) is 0 Å². The molecule has 0 saturated carbocycles. The smallest absolute Gasteiger partial charge is 0.341 e. The molecule has 1 fully saturated rings. The maximum absolute atomic E-state index is 12.5. The molecule has 8 nitrogen and oxygen atoms in total. The first-order chi connectivity index (χ1) is 12.9. The molecule has 27 heavy (non-hydrogen) atoms. The van der Waals surface area contributed by atoms with Crippen LogP contribution in [0.5, 0.6) is 0 Å². The van der Waals surface area contributed by atoms with Crippen LogP contribution in [0.3, 0.4) is 0 Å². The van der Waals surface area contributed by atoms with E-state index in [0.29, 0.717) is 23.0 Å². The normalized spacial score (nSPS) is 19.1. The van der Waals surface area contributed by atoms with E-state index in [1.807, 2.05) is 0 Å². The molecule has 1 amide bonds. The molecule has 0 aliphatic carbocycles. The van der Waals surface area contributed by atoms with E-state index >= 15 is 0 Å². The minimum absolute atomic E-state index is 0.144. The summed E-state index contributed by atoms with van der Waals surface area (Å²) >= 11 is 1.43. The number of nitrogens with zero attached hydrogens (tertiary/aromatic N) is 1. The first kappa shape index (κ1) is 19.1. The number of ether oxygens (including phenoxy) is 2. The Kier molecular flexibility index (Phi) is 5.59. The highest BCUT2D eigenvalue weighted by Crippen LogP contribution is 2.41. The van der Waals surface area contributed by atoms with Crippen LogP contribution in [0.1, 0.15) is 39.9 Å². The number of carbonyl (C=O) groups is 3. The average molecular weight is 393 g/mol. The van der Waals surface area contributed by atoms with Crippen LogP contribution in [-0.2, 0) is 25.7 Å². The van der Waals surface area contributed by atoms with Gasteiger partial charge in [0.15, 0.2) is 0 Å². The van der Waals surface area contributed by atoms with Crippen molar-refractivity contribution in [3.05, 3.63) is 47.3 Å². The van der Waals surface area contributed by atoms with Gasteiger partial charge in [-0.25, -0.2) is 9.59 Å². The van der Waals surface area contributed by atoms with Crippen molar-refractivity contribution < 1.29 is 32.7 Å². The van der Waals surface area contributed by atoms with Gasteiger partial charge in [0.2, 0.25) is 5.91 Å². The molecule has 0 spiro atoms. The number of amides is 1. The molecule has 144 valence electrons. The highest BCUT2D eigenvalue weighted by Gasteiger charge is 2.43. The Morgan fingerprint density at radius 2 is 2.15 bits per heavy atom. The van der Waals surface area contributed by atoms with Gasteiger partial charge in [-0.1, -0.05) is 0 Å². The summed E-state index contributed by atoms with van der Waals surface area (Å²) in [6.07, 6.45) is 1.53. The molecule has 0 aromatic carbocycles. The lowest BCUT2D eigenvalue weighted by Crippen LogP contribution is -2.42. The maximum atomic E-state index is 12.5. The minimum atomic E-state index is -0.723. The van der Waals surface area contributed by atoms with Crippen molar-refractivity contribution >= 4 is 29.6 Å². The summed E-state index contributed by atoms with van der Waals surface area (Å²) in [5.74, 6) is 0.399. The van der Waals surface area contributed by atoms with Crippen LogP contribution < -0.4 is 0 Å².